The number of nitrogen functional groups attached to an aromatic ring is 1. The van der Waals surface area contributed by atoms with Crippen LogP contribution in [0.15, 0.2) is 30.6 Å². The molecule has 5 N–H and O–H groups in total. The van der Waals surface area contributed by atoms with Crippen LogP contribution in [0.2, 0.25) is 0 Å². The van der Waals surface area contributed by atoms with Crippen LogP contribution in [0.1, 0.15) is 17.3 Å². The molecule has 0 saturated heterocycles. The van der Waals surface area contributed by atoms with Crippen LogP contribution in [0.5, 0.6) is 5.88 Å². The highest BCUT2D eigenvalue weighted by atomic mass is 16.5. The average Bonchev–Trinajstić information content (AvgIpc) is 2.47. The second kappa shape index (κ2) is 6.07. The zero-order chi connectivity index (χ0) is 13.7. The predicted molar refractivity (Wildman–Crippen MR) is 71.0 cm³/mol. The lowest BCUT2D eigenvalue weighted by atomic mass is 10.0. The largest absolute Gasteiger partial charge is 0.480 e. The van der Waals surface area contributed by atoms with Crippen molar-refractivity contribution in [3.05, 3.63) is 41.9 Å². The molecule has 100 valence electrons. The van der Waals surface area contributed by atoms with Crippen LogP contribution in [-0.4, -0.2) is 22.3 Å². The Morgan fingerprint density at radius 3 is 2.74 bits per heavy atom. The van der Waals surface area contributed by atoms with Crippen molar-refractivity contribution in [3.8, 4) is 5.88 Å². The quantitative estimate of drug-likeness (QED) is 0.520. The van der Waals surface area contributed by atoms with Gasteiger partial charge in [-0.3, -0.25) is 16.3 Å². The molecule has 0 radical (unpaired) electrons. The molecule has 1 atom stereocenters. The topological polar surface area (TPSA) is 112 Å². The number of aromatic nitrogens is 3. The van der Waals surface area contributed by atoms with Gasteiger partial charge in [0.2, 0.25) is 5.88 Å². The summed E-state index contributed by atoms with van der Waals surface area (Å²) in [5, 5.41) is 7.98. The molecule has 0 spiro atoms. The summed E-state index contributed by atoms with van der Waals surface area (Å²) in [6, 6.07) is 5.11. The molecule has 0 saturated carbocycles. The lowest BCUT2D eigenvalue weighted by Crippen LogP contribution is -2.30. The molecule has 0 aliphatic heterocycles. The number of pyridine rings is 1. The van der Waals surface area contributed by atoms with Gasteiger partial charge in [0, 0.05) is 24.1 Å². The van der Waals surface area contributed by atoms with Gasteiger partial charge in [-0.15, -0.1) is 5.10 Å². The van der Waals surface area contributed by atoms with Gasteiger partial charge in [0.25, 0.3) is 0 Å². The molecule has 0 amide bonds. The summed E-state index contributed by atoms with van der Waals surface area (Å²) in [6.45, 7) is 0. The summed E-state index contributed by atoms with van der Waals surface area (Å²) in [7, 11) is 1.54. The standard InChI is InChI=1S/C12H16N6O/c1-19-12-3-2-10(17-18-12)11(16-14)6-8-7-15-5-4-9(8)13/h2-5,7,11,16H,6,14H2,1H3,(H2,13,15). The Morgan fingerprint density at radius 1 is 1.32 bits per heavy atom. The molecule has 2 aromatic rings. The Kier molecular flexibility index (Phi) is 4.22. The number of hydrazine groups is 1. The Labute approximate surface area is 111 Å². The highest BCUT2D eigenvalue weighted by Crippen LogP contribution is 2.19. The van der Waals surface area contributed by atoms with Crippen molar-refractivity contribution in [2.24, 2.45) is 5.84 Å². The molecular weight excluding hydrogens is 244 g/mol. The lowest BCUT2D eigenvalue weighted by molar-refractivity contribution is 0.389. The Morgan fingerprint density at radius 2 is 2.16 bits per heavy atom. The van der Waals surface area contributed by atoms with Crippen LogP contribution in [0.25, 0.3) is 0 Å². The zero-order valence-corrected chi connectivity index (χ0v) is 10.6. The van der Waals surface area contributed by atoms with Gasteiger partial charge < -0.3 is 10.5 Å². The normalized spacial score (nSPS) is 12.1. The summed E-state index contributed by atoms with van der Waals surface area (Å²) in [5.74, 6) is 6.02. The molecule has 0 aliphatic rings. The molecule has 2 rings (SSSR count). The van der Waals surface area contributed by atoms with E-state index in [2.05, 4.69) is 20.6 Å². The molecule has 7 heteroatoms. The number of nitrogens with two attached hydrogens (primary N) is 2. The van der Waals surface area contributed by atoms with Crippen LogP contribution in [0, 0.1) is 0 Å². The van der Waals surface area contributed by atoms with Crippen molar-refractivity contribution in [1.82, 2.24) is 20.6 Å². The fraction of sp³-hybridized carbons (Fsp3) is 0.250. The zero-order valence-electron chi connectivity index (χ0n) is 10.6. The molecule has 2 aromatic heterocycles. The first-order chi connectivity index (χ1) is 9.24. The second-order valence-electron chi connectivity index (χ2n) is 4.00. The Bertz CT molecular complexity index is 530. The van der Waals surface area contributed by atoms with E-state index in [-0.39, 0.29) is 6.04 Å². The van der Waals surface area contributed by atoms with Crippen LogP contribution in [-0.2, 0) is 6.42 Å². The van der Waals surface area contributed by atoms with E-state index >= 15 is 0 Å². The number of methoxy groups -OCH3 is 1. The first-order valence-corrected chi connectivity index (χ1v) is 5.76. The van der Waals surface area contributed by atoms with E-state index in [1.54, 1.807) is 31.6 Å². The molecule has 0 bridgehead atoms. The number of hydrogen-bond donors (Lipinski definition) is 3. The van der Waals surface area contributed by atoms with Gasteiger partial charge in [0.05, 0.1) is 18.8 Å². The summed E-state index contributed by atoms with van der Waals surface area (Å²) < 4.78 is 4.96. The van der Waals surface area contributed by atoms with Crippen molar-refractivity contribution in [3.63, 3.8) is 0 Å². The molecule has 0 aliphatic carbocycles. The van der Waals surface area contributed by atoms with Crippen molar-refractivity contribution < 1.29 is 4.74 Å². The number of anilines is 1. The van der Waals surface area contributed by atoms with E-state index < -0.39 is 0 Å². The lowest BCUT2D eigenvalue weighted by Gasteiger charge is -2.15. The van der Waals surface area contributed by atoms with Crippen molar-refractivity contribution in [2.45, 2.75) is 12.5 Å². The molecular formula is C12H16N6O. The van der Waals surface area contributed by atoms with E-state index in [0.717, 1.165) is 5.56 Å². The third-order valence-corrected chi connectivity index (χ3v) is 2.79. The number of hydrogen-bond acceptors (Lipinski definition) is 7. The average molecular weight is 260 g/mol. The SMILES string of the molecule is COc1ccc(C(Cc2cnccc2N)NN)nn1. The summed E-state index contributed by atoms with van der Waals surface area (Å²) in [5.41, 5.74) is 10.9. The highest BCUT2D eigenvalue weighted by molar-refractivity contribution is 5.45. The van der Waals surface area contributed by atoms with E-state index in [1.165, 1.54) is 0 Å². The Hall–Kier alpha value is -2.25. The monoisotopic (exact) mass is 260 g/mol. The van der Waals surface area contributed by atoms with Gasteiger partial charge in [-0.2, -0.15) is 5.10 Å². The van der Waals surface area contributed by atoms with Gasteiger partial charge in [-0.05, 0) is 24.1 Å². The van der Waals surface area contributed by atoms with E-state index in [1.807, 2.05) is 6.07 Å². The smallest absolute Gasteiger partial charge is 0.233 e. The molecule has 2 heterocycles. The fourth-order valence-corrected chi connectivity index (χ4v) is 1.70. The minimum absolute atomic E-state index is 0.190. The van der Waals surface area contributed by atoms with Gasteiger partial charge in [-0.1, -0.05) is 0 Å². The third kappa shape index (κ3) is 3.15. The number of nitrogens with one attached hydrogen (secondary N) is 1. The van der Waals surface area contributed by atoms with Gasteiger partial charge in [-0.25, -0.2) is 0 Å². The Balaban J connectivity index is 2.17. The second-order valence-corrected chi connectivity index (χ2v) is 4.00. The summed E-state index contributed by atoms with van der Waals surface area (Å²) in [6.07, 6.45) is 3.95. The first-order valence-electron chi connectivity index (χ1n) is 5.76. The predicted octanol–water partition coefficient (Wildman–Crippen LogP) is 0.210. The first kappa shape index (κ1) is 13.2. The van der Waals surface area contributed by atoms with Crippen molar-refractivity contribution >= 4 is 5.69 Å². The third-order valence-electron chi connectivity index (χ3n) is 2.79. The van der Waals surface area contributed by atoms with Crippen LogP contribution in [0.4, 0.5) is 5.69 Å². The molecule has 7 nitrogen and oxygen atoms in total. The number of nitrogens with zero attached hydrogens (tertiary/aromatic N) is 3. The number of ether oxygens (including phenoxy) is 1. The fourth-order valence-electron chi connectivity index (χ4n) is 1.70. The van der Waals surface area contributed by atoms with E-state index in [0.29, 0.717) is 23.7 Å². The maximum Gasteiger partial charge on any atom is 0.233 e. The van der Waals surface area contributed by atoms with Crippen molar-refractivity contribution in [1.29, 1.82) is 0 Å². The van der Waals surface area contributed by atoms with Crippen LogP contribution < -0.4 is 21.7 Å². The van der Waals surface area contributed by atoms with Crippen LogP contribution in [0.3, 0.4) is 0 Å². The molecule has 1 unspecified atom stereocenters. The van der Waals surface area contributed by atoms with Gasteiger partial charge in [0.15, 0.2) is 0 Å². The summed E-state index contributed by atoms with van der Waals surface area (Å²) in [4.78, 5) is 4.05. The maximum atomic E-state index is 5.88. The van der Waals surface area contributed by atoms with E-state index in [4.69, 9.17) is 16.3 Å². The van der Waals surface area contributed by atoms with Crippen LogP contribution >= 0.6 is 0 Å². The molecule has 19 heavy (non-hydrogen) atoms. The molecule has 0 fully saturated rings. The van der Waals surface area contributed by atoms with Gasteiger partial charge >= 0.3 is 0 Å². The molecule has 0 aromatic carbocycles. The highest BCUT2D eigenvalue weighted by Gasteiger charge is 2.14. The minimum atomic E-state index is -0.190. The number of rotatable bonds is 5. The van der Waals surface area contributed by atoms with Gasteiger partial charge in [0.1, 0.15) is 0 Å². The minimum Gasteiger partial charge on any atom is -0.480 e. The van der Waals surface area contributed by atoms with E-state index in [9.17, 15) is 0 Å². The maximum absolute atomic E-state index is 5.88. The summed E-state index contributed by atoms with van der Waals surface area (Å²) >= 11 is 0. The van der Waals surface area contributed by atoms with Crippen molar-refractivity contribution in [2.75, 3.05) is 12.8 Å².